The Hall–Kier alpha value is -2.49. The molecule has 1 heterocycles. The summed E-state index contributed by atoms with van der Waals surface area (Å²) < 4.78 is 30.1. The number of halogens is 2. The van der Waals surface area contributed by atoms with Crippen LogP contribution in [-0.2, 0) is 11.2 Å². The Bertz CT molecular complexity index is 956. The van der Waals surface area contributed by atoms with E-state index in [1.165, 1.54) is 18.9 Å². The highest BCUT2D eigenvalue weighted by Crippen LogP contribution is 2.33. The summed E-state index contributed by atoms with van der Waals surface area (Å²) in [4.78, 5) is 25.1. The van der Waals surface area contributed by atoms with Gasteiger partial charge in [0.2, 0.25) is 5.91 Å². The van der Waals surface area contributed by atoms with E-state index in [9.17, 15) is 18.4 Å². The van der Waals surface area contributed by atoms with E-state index in [-0.39, 0.29) is 5.92 Å². The van der Waals surface area contributed by atoms with Crippen LogP contribution in [0, 0.1) is 17.6 Å². The smallest absolute Gasteiger partial charge is 0.257 e. The maximum atomic E-state index is 13.9. The molecule has 3 rings (SSSR count). The Morgan fingerprint density at radius 1 is 1.18 bits per heavy atom. The average Bonchev–Trinajstić information content (AvgIpc) is 3.43. The number of aromatic nitrogens is 3. The van der Waals surface area contributed by atoms with Crippen LogP contribution >= 0.6 is 11.8 Å². The van der Waals surface area contributed by atoms with Crippen molar-refractivity contribution in [2.75, 3.05) is 12.8 Å². The largest absolute Gasteiger partial charge is 0.354 e. The molecule has 0 saturated heterocycles. The van der Waals surface area contributed by atoms with Gasteiger partial charge in [0.1, 0.15) is 29.1 Å². The molecule has 2 N–H and O–H groups in total. The predicted octanol–water partition coefficient (Wildman–Crippen LogP) is 3.90. The lowest BCUT2D eigenvalue weighted by Crippen LogP contribution is -2.50. The molecule has 1 aliphatic rings. The number of amides is 2. The third-order valence-electron chi connectivity index (χ3n) is 5.91. The number of hydrogen-bond donors (Lipinski definition) is 2. The molecule has 7 nitrogen and oxygen atoms in total. The lowest BCUT2D eigenvalue weighted by molar-refractivity contribution is -0.123. The number of nitrogens with one attached hydrogen (secondary N) is 2. The molecule has 0 radical (unpaired) electrons. The van der Waals surface area contributed by atoms with Crippen LogP contribution in [0.5, 0.6) is 0 Å². The second-order valence-corrected chi connectivity index (χ2v) is 9.37. The van der Waals surface area contributed by atoms with Gasteiger partial charge in [-0.15, -0.1) is 10.2 Å². The van der Waals surface area contributed by atoms with Gasteiger partial charge in [-0.05, 0) is 43.6 Å². The van der Waals surface area contributed by atoms with Gasteiger partial charge in [0.25, 0.3) is 5.91 Å². The van der Waals surface area contributed by atoms with Crippen LogP contribution in [-0.4, -0.2) is 45.4 Å². The number of hydrogen-bond acceptors (Lipinski definition) is 5. The Kier molecular flexibility index (Phi) is 8.82. The van der Waals surface area contributed by atoms with Crippen molar-refractivity contribution in [2.45, 2.75) is 69.6 Å². The molecule has 10 heteroatoms. The Morgan fingerprint density at radius 2 is 1.85 bits per heavy atom. The maximum Gasteiger partial charge on any atom is 0.257 e. The van der Waals surface area contributed by atoms with Crippen molar-refractivity contribution in [1.29, 1.82) is 0 Å². The van der Waals surface area contributed by atoms with Crippen molar-refractivity contribution in [3.05, 3.63) is 41.2 Å². The molecular weight excluding hydrogens is 448 g/mol. The van der Waals surface area contributed by atoms with Gasteiger partial charge < -0.3 is 15.2 Å². The van der Waals surface area contributed by atoms with E-state index in [1.807, 2.05) is 6.26 Å². The molecule has 180 valence electrons. The first kappa shape index (κ1) is 25.1. The second-order valence-electron chi connectivity index (χ2n) is 8.60. The first-order valence-corrected chi connectivity index (χ1v) is 12.6. The van der Waals surface area contributed by atoms with Gasteiger partial charge in [-0.2, -0.15) is 0 Å². The van der Waals surface area contributed by atoms with Crippen molar-refractivity contribution in [2.24, 2.45) is 5.92 Å². The molecular formula is C23H31F2N5O2S. The molecule has 1 atom stereocenters. The van der Waals surface area contributed by atoms with Gasteiger partial charge in [0.15, 0.2) is 5.16 Å². The Morgan fingerprint density at radius 3 is 2.45 bits per heavy atom. The van der Waals surface area contributed by atoms with Crippen LogP contribution in [0.25, 0.3) is 0 Å². The first-order valence-electron chi connectivity index (χ1n) is 11.3. The fraction of sp³-hybridized carbons (Fsp3) is 0.565. The molecule has 2 amide bonds. The molecule has 33 heavy (non-hydrogen) atoms. The summed E-state index contributed by atoms with van der Waals surface area (Å²) >= 11 is 1.59. The van der Waals surface area contributed by atoms with Gasteiger partial charge in [-0.1, -0.05) is 44.5 Å². The fourth-order valence-electron chi connectivity index (χ4n) is 4.18. The zero-order chi connectivity index (χ0) is 24.0. The van der Waals surface area contributed by atoms with Gasteiger partial charge in [0.05, 0.1) is 0 Å². The van der Waals surface area contributed by atoms with Gasteiger partial charge >= 0.3 is 0 Å². The summed E-state index contributed by atoms with van der Waals surface area (Å²) in [5, 5.41) is 14.9. The number of carbonyl (C=O) groups excluding carboxylic acids is 2. The molecule has 0 unspecified atom stereocenters. The SMILES string of the molecule is CSc1nnc(CCCNC(=O)[C@@H](NC(=O)c2c(F)cccc2F)C(C)C)n1C1CCCC1. The quantitative estimate of drug-likeness (QED) is 0.399. The van der Waals surface area contributed by atoms with Crippen molar-refractivity contribution >= 4 is 23.6 Å². The third-order valence-corrected chi connectivity index (χ3v) is 6.55. The van der Waals surface area contributed by atoms with Gasteiger partial charge in [-0.25, -0.2) is 8.78 Å². The number of benzene rings is 1. The van der Waals surface area contributed by atoms with E-state index in [1.54, 1.807) is 25.6 Å². The van der Waals surface area contributed by atoms with Crippen LogP contribution in [0.4, 0.5) is 8.78 Å². The molecule has 0 aliphatic heterocycles. The van der Waals surface area contributed by atoms with Crippen molar-refractivity contribution in [3.8, 4) is 0 Å². The molecule has 0 spiro atoms. The standard InChI is InChI=1S/C23H31F2N5O2S/c1-14(2)20(27-21(31)19-16(24)10-6-11-17(19)25)22(32)26-13-7-12-18-28-29-23(33-3)30(18)15-8-4-5-9-15/h6,10-11,14-15,20H,4-5,7-9,12-13H2,1-3H3,(H,26,32)(H,27,31)/t20-/m0/s1. The Labute approximate surface area is 197 Å². The zero-order valence-corrected chi connectivity index (χ0v) is 20.1. The number of nitrogens with zero attached hydrogens (tertiary/aromatic N) is 3. The van der Waals surface area contributed by atoms with Crippen LogP contribution in [0.1, 0.15) is 68.2 Å². The topological polar surface area (TPSA) is 88.9 Å². The van der Waals surface area contributed by atoms with Crippen molar-refractivity contribution < 1.29 is 18.4 Å². The normalized spacial score (nSPS) is 15.1. The highest BCUT2D eigenvalue weighted by atomic mass is 32.2. The average molecular weight is 480 g/mol. The van der Waals surface area contributed by atoms with Crippen LogP contribution in [0.2, 0.25) is 0 Å². The highest BCUT2D eigenvalue weighted by molar-refractivity contribution is 7.98. The highest BCUT2D eigenvalue weighted by Gasteiger charge is 2.27. The predicted molar refractivity (Wildman–Crippen MR) is 123 cm³/mol. The van der Waals surface area contributed by atoms with Gasteiger partial charge in [0, 0.05) is 19.0 Å². The minimum Gasteiger partial charge on any atom is -0.354 e. The molecule has 1 fully saturated rings. The molecule has 1 aromatic carbocycles. The molecule has 0 bridgehead atoms. The minimum absolute atomic E-state index is 0.265. The summed E-state index contributed by atoms with van der Waals surface area (Å²) in [6, 6.07) is 2.72. The lowest BCUT2D eigenvalue weighted by Gasteiger charge is -2.22. The van der Waals surface area contributed by atoms with Crippen molar-refractivity contribution in [1.82, 2.24) is 25.4 Å². The van der Waals surface area contributed by atoms with E-state index in [2.05, 4.69) is 25.4 Å². The van der Waals surface area contributed by atoms with E-state index in [4.69, 9.17) is 0 Å². The first-order chi connectivity index (χ1) is 15.8. The van der Waals surface area contributed by atoms with Gasteiger partial charge in [-0.3, -0.25) is 9.59 Å². The van der Waals surface area contributed by atoms with E-state index in [0.29, 0.717) is 25.4 Å². The van der Waals surface area contributed by atoms with Crippen LogP contribution in [0.3, 0.4) is 0 Å². The van der Waals surface area contributed by atoms with E-state index >= 15 is 0 Å². The monoisotopic (exact) mass is 479 g/mol. The van der Waals surface area contributed by atoms with Crippen molar-refractivity contribution in [3.63, 3.8) is 0 Å². The van der Waals surface area contributed by atoms with E-state index < -0.39 is 35.1 Å². The Balaban J connectivity index is 1.56. The number of thioether (sulfide) groups is 1. The fourth-order valence-corrected chi connectivity index (χ4v) is 4.75. The van der Waals surface area contributed by atoms with Crippen LogP contribution < -0.4 is 10.6 Å². The summed E-state index contributed by atoms with van der Waals surface area (Å²) in [7, 11) is 0. The molecule has 1 aromatic heterocycles. The summed E-state index contributed by atoms with van der Waals surface area (Å²) in [6.07, 6.45) is 8.01. The summed E-state index contributed by atoms with van der Waals surface area (Å²) in [5.74, 6) is -2.62. The maximum absolute atomic E-state index is 13.9. The van der Waals surface area contributed by atoms with Crippen LogP contribution in [0.15, 0.2) is 23.4 Å². The van der Waals surface area contributed by atoms with E-state index in [0.717, 1.165) is 36.0 Å². The molecule has 1 saturated carbocycles. The number of aryl methyl sites for hydroxylation is 1. The number of carbonyl (C=O) groups is 2. The second kappa shape index (κ2) is 11.6. The minimum atomic E-state index is -0.966. The third kappa shape index (κ3) is 6.10. The summed E-state index contributed by atoms with van der Waals surface area (Å²) in [6.45, 7) is 3.91. The summed E-state index contributed by atoms with van der Waals surface area (Å²) in [5.41, 5.74) is -0.688. The molecule has 2 aromatic rings. The lowest BCUT2D eigenvalue weighted by atomic mass is 10.0. The zero-order valence-electron chi connectivity index (χ0n) is 19.2. The number of rotatable bonds is 10. The molecule has 1 aliphatic carbocycles.